The molecule has 1 unspecified atom stereocenters. The van der Waals surface area contributed by atoms with Crippen molar-refractivity contribution in [2.24, 2.45) is 0 Å². The Labute approximate surface area is 172 Å². The maximum atomic E-state index is 12.0. The van der Waals surface area contributed by atoms with E-state index in [1.165, 1.54) is 6.33 Å². The van der Waals surface area contributed by atoms with E-state index < -0.39 is 0 Å². The lowest BCUT2D eigenvalue weighted by molar-refractivity contribution is 0.414. The summed E-state index contributed by atoms with van der Waals surface area (Å²) in [5.41, 5.74) is 2.90. The predicted molar refractivity (Wildman–Crippen MR) is 114 cm³/mol. The zero-order chi connectivity index (χ0) is 20.4. The molecule has 0 saturated carbocycles. The molecule has 0 bridgehead atoms. The highest BCUT2D eigenvalue weighted by Crippen LogP contribution is 2.19. The first-order valence-corrected chi connectivity index (χ1v) is 9.68. The van der Waals surface area contributed by atoms with Crippen LogP contribution in [0.15, 0.2) is 53.7 Å². The van der Waals surface area contributed by atoms with Crippen LogP contribution in [-0.2, 0) is 13.1 Å². The van der Waals surface area contributed by atoms with Crippen LogP contribution in [0, 0.1) is 4.77 Å². The largest absolute Gasteiger partial charge is 0.497 e. The molecule has 1 atom stereocenters. The Morgan fingerprint density at radius 2 is 2.17 bits per heavy atom. The molecule has 0 amide bonds. The van der Waals surface area contributed by atoms with E-state index in [0.29, 0.717) is 29.0 Å². The molecule has 0 aliphatic carbocycles. The minimum absolute atomic E-state index is 0.0983. The average molecular weight is 411 g/mol. The second-order valence-electron chi connectivity index (χ2n) is 6.82. The number of aromatic nitrogens is 5. The van der Waals surface area contributed by atoms with Crippen LogP contribution >= 0.6 is 12.2 Å². The lowest BCUT2D eigenvalue weighted by Crippen LogP contribution is -2.32. The molecule has 8 nitrogen and oxygen atoms in total. The Morgan fingerprint density at radius 3 is 3.00 bits per heavy atom. The fourth-order valence-corrected chi connectivity index (χ4v) is 3.59. The summed E-state index contributed by atoms with van der Waals surface area (Å²) in [5.74, 6) is 0.818. The molecule has 0 radical (unpaired) electrons. The van der Waals surface area contributed by atoms with Crippen LogP contribution in [0.3, 0.4) is 0 Å². The third-order valence-corrected chi connectivity index (χ3v) is 5.14. The zero-order valence-corrected chi connectivity index (χ0v) is 17.0. The molecule has 0 aliphatic rings. The molecule has 3 N–H and O–H groups in total. The number of hydrogen-bond donors (Lipinski definition) is 3. The van der Waals surface area contributed by atoms with E-state index in [-0.39, 0.29) is 11.6 Å². The number of hydrogen-bond acceptors (Lipinski definition) is 5. The number of fused-ring (bicyclic) bond motifs is 1. The molecular weight excluding hydrogens is 388 g/mol. The van der Waals surface area contributed by atoms with Gasteiger partial charge in [-0.15, -0.1) is 0 Å². The summed E-state index contributed by atoms with van der Waals surface area (Å²) in [4.78, 5) is 21.8. The van der Waals surface area contributed by atoms with Gasteiger partial charge >= 0.3 is 0 Å². The third-order valence-electron chi connectivity index (χ3n) is 4.82. The Hall–Kier alpha value is -3.17. The van der Waals surface area contributed by atoms with Gasteiger partial charge in [0.05, 0.1) is 13.4 Å². The molecule has 3 heterocycles. The molecule has 4 rings (SSSR count). The molecule has 29 heavy (non-hydrogen) atoms. The summed E-state index contributed by atoms with van der Waals surface area (Å²) in [6, 6.07) is 12.1. The zero-order valence-electron chi connectivity index (χ0n) is 16.2. The minimum atomic E-state index is -0.254. The first-order valence-electron chi connectivity index (χ1n) is 9.27. The quantitative estimate of drug-likeness (QED) is 0.408. The number of nitrogens with zero attached hydrogens (tertiary/aromatic N) is 3. The number of H-pyrrole nitrogens is 2. The highest BCUT2D eigenvalue weighted by molar-refractivity contribution is 7.71. The lowest BCUT2D eigenvalue weighted by atomic mass is 10.2. The van der Waals surface area contributed by atoms with Crippen LogP contribution in [0.1, 0.15) is 12.6 Å². The third kappa shape index (κ3) is 3.87. The van der Waals surface area contributed by atoms with Crippen molar-refractivity contribution in [2.45, 2.75) is 26.1 Å². The van der Waals surface area contributed by atoms with Gasteiger partial charge in [0.15, 0.2) is 10.4 Å². The van der Waals surface area contributed by atoms with Gasteiger partial charge in [0.25, 0.3) is 5.56 Å². The fourth-order valence-electron chi connectivity index (χ4n) is 3.34. The van der Waals surface area contributed by atoms with E-state index in [0.717, 1.165) is 17.1 Å². The van der Waals surface area contributed by atoms with Gasteiger partial charge in [0, 0.05) is 42.8 Å². The van der Waals surface area contributed by atoms with E-state index in [4.69, 9.17) is 17.0 Å². The van der Waals surface area contributed by atoms with Crippen LogP contribution in [-0.4, -0.2) is 37.2 Å². The molecule has 1 aromatic carbocycles. The van der Waals surface area contributed by atoms with Crippen molar-refractivity contribution in [3.63, 3.8) is 0 Å². The van der Waals surface area contributed by atoms with Crippen molar-refractivity contribution in [3.05, 3.63) is 69.7 Å². The van der Waals surface area contributed by atoms with E-state index in [1.807, 2.05) is 41.1 Å². The number of imidazole rings is 1. The van der Waals surface area contributed by atoms with Crippen molar-refractivity contribution in [2.75, 3.05) is 7.11 Å². The molecule has 0 fully saturated rings. The highest BCUT2D eigenvalue weighted by Gasteiger charge is 2.12. The van der Waals surface area contributed by atoms with Crippen LogP contribution in [0.2, 0.25) is 0 Å². The first-order chi connectivity index (χ1) is 14.1. The number of aromatic amines is 2. The molecule has 150 valence electrons. The number of ether oxygens (including phenoxy) is 1. The van der Waals surface area contributed by atoms with E-state index in [2.05, 4.69) is 37.8 Å². The summed E-state index contributed by atoms with van der Waals surface area (Å²) in [6.45, 7) is 3.33. The Morgan fingerprint density at radius 1 is 1.31 bits per heavy atom. The van der Waals surface area contributed by atoms with Crippen molar-refractivity contribution in [1.82, 2.24) is 29.4 Å². The molecule has 4 aromatic rings. The summed E-state index contributed by atoms with van der Waals surface area (Å²) < 4.78 is 9.65. The van der Waals surface area contributed by atoms with Gasteiger partial charge in [0.2, 0.25) is 0 Å². The van der Waals surface area contributed by atoms with Crippen molar-refractivity contribution in [3.8, 4) is 11.4 Å². The summed E-state index contributed by atoms with van der Waals surface area (Å²) in [6.07, 6.45) is 3.53. The fraction of sp³-hybridized carbons (Fsp3) is 0.250. The molecule has 0 aliphatic heterocycles. The maximum Gasteiger partial charge on any atom is 0.277 e. The number of nitrogens with one attached hydrogen (secondary N) is 3. The summed E-state index contributed by atoms with van der Waals surface area (Å²) in [5, 5.41) is 3.52. The van der Waals surface area contributed by atoms with Gasteiger partial charge in [-0.3, -0.25) is 14.3 Å². The van der Waals surface area contributed by atoms with E-state index in [1.54, 1.807) is 7.11 Å². The molecule has 0 spiro atoms. The van der Waals surface area contributed by atoms with Crippen LogP contribution in [0.4, 0.5) is 0 Å². The Kier molecular flexibility index (Phi) is 5.32. The number of rotatable bonds is 7. The minimum Gasteiger partial charge on any atom is -0.497 e. The number of benzene rings is 1. The van der Waals surface area contributed by atoms with Gasteiger partial charge in [-0.2, -0.15) is 0 Å². The Bertz CT molecular complexity index is 1250. The SMILES string of the molecule is COc1cccc(-n2cccc2CNC(C)Cn2c(=S)[nH]c(=O)c3[nH]cnc32)c1. The van der Waals surface area contributed by atoms with Gasteiger partial charge in [-0.1, -0.05) is 6.07 Å². The smallest absolute Gasteiger partial charge is 0.277 e. The monoisotopic (exact) mass is 410 g/mol. The average Bonchev–Trinajstić information content (AvgIpc) is 3.39. The first kappa shape index (κ1) is 19.2. The van der Waals surface area contributed by atoms with Crippen LogP contribution < -0.4 is 15.6 Å². The second-order valence-corrected chi connectivity index (χ2v) is 7.21. The molecule has 9 heteroatoms. The number of methoxy groups -OCH3 is 1. The van der Waals surface area contributed by atoms with Gasteiger partial charge < -0.3 is 19.6 Å². The molecule has 0 saturated heterocycles. The van der Waals surface area contributed by atoms with Crippen molar-refractivity contribution < 1.29 is 4.74 Å². The normalized spacial score (nSPS) is 12.3. The van der Waals surface area contributed by atoms with Crippen molar-refractivity contribution >= 4 is 23.4 Å². The summed E-state index contributed by atoms with van der Waals surface area (Å²) in [7, 11) is 1.66. The van der Waals surface area contributed by atoms with Crippen molar-refractivity contribution in [1.29, 1.82) is 0 Å². The summed E-state index contributed by atoms with van der Waals surface area (Å²) >= 11 is 5.33. The maximum absolute atomic E-state index is 12.0. The van der Waals surface area contributed by atoms with Gasteiger partial charge in [-0.05, 0) is 43.4 Å². The standard InChI is InChI=1S/C20H22N6O2S/c1-13(11-26-18-17(22-12-23-18)19(27)24-20(26)29)21-10-15-6-4-8-25(15)14-5-3-7-16(9-14)28-2/h3-9,12-13,21H,10-11H2,1-2H3,(H,22,23)(H,24,27,29). The topological polar surface area (TPSA) is 92.7 Å². The molecule has 3 aromatic heterocycles. The molecular formula is C20H22N6O2S. The Balaban J connectivity index is 1.50. The highest BCUT2D eigenvalue weighted by atomic mass is 32.1. The van der Waals surface area contributed by atoms with Crippen LogP contribution in [0.25, 0.3) is 16.9 Å². The van der Waals surface area contributed by atoms with Gasteiger partial charge in [0.1, 0.15) is 11.3 Å². The predicted octanol–water partition coefficient (Wildman–Crippen LogP) is 2.76. The van der Waals surface area contributed by atoms with Gasteiger partial charge in [-0.25, -0.2) is 4.98 Å². The van der Waals surface area contributed by atoms with E-state index >= 15 is 0 Å². The lowest BCUT2D eigenvalue weighted by Gasteiger charge is -2.17. The van der Waals surface area contributed by atoms with Crippen LogP contribution in [0.5, 0.6) is 5.75 Å². The van der Waals surface area contributed by atoms with E-state index in [9.17, 15) is 4.79 Å². The second kappa shape index (κ2) is 8.06.